The van der Waals surface area contributed by atoms with Gasteiger partial charge in [0.1, 0.15) is 5.82 Å². The number of nitrogens with one attached hydrogen (secondary N) is 2. The summed E-state index contributed by atoms with van der Waals surface area (Å²) in [4.78, 5) is 20.0. The van der Waals surface area contributed by atoms with E-state index in [2.05, 4.69) is 64.7 Å². The number of allylic oxidation sites excluding steroid dienone is 4. The van der Waals surface area contributed by atoms with Gasteiger partial charge >= 0.3 is 0 Å². The molecule has 2 aromatic carbocycles. The third-order valence-electron chi connectivity index (χ3n) is 6.53. The monoisotopic (exact) mass is 497 g/mol. The van der Waals surface area contributed by atoms with Crippen LogP contribution in [0.25, 0.3) is 10.1 Å². The molecule has 1 aromatic heterocycles. The summed E-state index contributed by atoms with van der Waals surface area (Å²) in [5.74, 6) is 1.14. The van der Waals surface area contributed by atoms with Gasteiger partial charge in [-0.05, 0) is 54.7 Å². The van der Waals surface area contributed by atoms with E-state index in [-0.39, 0.29) is 5.91 Å². The largest absolute Gasteiger partial charge is 0.398 e. The van der Waals surface area contributed by atoms with E-state index < -0.39 is 0 Å². The fraction of sp³-hybridized carbons (Fsp3) is 0.241. The van der Waals surface area contributed by atoms with Crippen molar-refractivity contribution in [3.05, 3.63) is 95.2 Å². The summed E-state index contributed by atoms with van der Waals surface area (Å²) in [6.45, 7) is 7.18. The van der Waals surface area contributed by atoms with Crippen LogP contribution in [0.3, 0.4) is 0 Å². The smallest absolute Gasteiger partial charge is 0.264 e. The van der Waals surface area contributed by atoms with Crippen LogP contribution in [-0.2, 0) is 6.42 Å². The molecule has 184 valence electrons. The number of nitrogens with two attached hydrogens (primary N) is 1. The molecule has 36 heavy (non-hydrogen) atoms. The van der Waals surface area contributed by atoms with Gasteiger partial charge in [0, 0.05) is 59.4 Å². The summed E-state index contributed by atoms with van der Waals surface area (Å²) in [6, 6.07) is 14.2. The summed E-state index contributed by atoms with van der Waals surface area (Å²) in [5.41, 5.74) is 10.1. The summed E-state index contributed by atoms with van der Waals surface area (Å²) >= 11 is 1.49. The van der Waals surface area contributed by atoms with Crippen LogP contribution in [0.15, 0.2) is 84.2 Å². The molecular formula is C29H31N5OS. The highest BCUT2D eigenvalue weighted by Crippen LogP contribution is 2.32. The summed E-state index contributed by atoms with van der Waals surface area (Å²) < 4.78 is 1.00. The molecule has 0 saturated carbocycles. The van der Waals surface area contributed by atoms with Gasteiger partial charge in [-0.1, -0.05) is 43.0 Å². The third kappa shape index (κ3) is 5.58. The number of amides is 1. The molecule has 3 aromatic rings. The van der Waals surface area contributed by atoms with Gasteiger partial charge in [0.25, 0.3) is 5.91 Å². The van der Waals surface area contributed by atoms with Crippen LogP contribution in [0.4, 0.5) is 11.4 Å². The number of benzene rings is 2. The molecule has 4 N–H and O–H groups in total. The maximum absolute atomic E-state index is 12.9. The summed E-state index contributed by atoms with van der Waals surface area (Å²) in [7, 11) is 0. The zero-order valence-electron chi connectivity index (χ0n) is 20.2. The molecule has 1 saturated heterocycles. The third-order valence-corrected chi connectivity index (χ3v) is 7.62. The van der Waals surface area contributed by atoms with E-state index in [0.717, 1.165) is 65.2 Å². The number of hydrogen-bond acceptors (Lipinski definition) is 6. The van der Waals surface area contributed by atoms with E-state index in [1.54, 1.807) is 6.21 Å². The molecule has 0 radical (unpaired) electrons. The highest BCUT2D eigenvalue weighted by molar-refractivity contribution is 7.20. The Kier molecular flexibility index (Phi) is 7.30. The average molecular weight is 498 g/mol. The number of anilines is 2. The number of thiophene rings is 1. The number of carbonyl (C=O) groups is 1. The van der Waals surface area contributed by atoms with Gasteiger partial charge in [0.2, 0.25) is 0 Å². The lowest BCUT2D eigenvalue weighted by Crippen LogP contribution is -2.46. The molecule has 7 heteroatoms. The van der Waals surface area contributed by atoms with Gasteiger partial charge in [-0.2, -0.15) is 0 Å². The lowest BCUT2D eigenvalue weighted by molar-refractivity contribution is 0.0741. The van der Waals surface area contributed by atoms with Crippen molar-refractivity contribution in [3.8, 4) is 0 Å². The number of nitrogen functional groups attached to an aromatic ring is 1. The standard InChI is InChI=1S/C29H31N5OS/c1-20(33-24-9-5-8-22(17-24)16-21-6-3-2-4-7-21)32-19-23-10-11-26-25(28(23)30)18-27(36-26)29(35)34-14-12-31-13-15-34/h2-6,8-11,17-19,21,31,33H,1,7,12-16,30H2/b32-19-. The van der Waals surface area contributed by atoms with Gasteiger partial charge in [-0.3, -0.25) is 4.79 Å². The lowest BCUT2D eigenvalue weighted by atomic mass is 9.93. The van der Waals surface area contributed by atoms with E-state index in [1.807, 2.05) is 29.2 Å². The molecular weight excluding hydrogens is 466 g/mol. The number of fused-ring (bicyclic) bond motifs is 1. The highest BCUT2D eigenvalue weighted by atomic mass is 32.1. The molecule has 2 aliphatic rings. The molecule has 5 rings (SSSR count). The van der Waals surface area contributed by atoms with Crippen LogP contribution in [0, 0.1) is 5.92 Å². The van der Waals surface area contributed by atoms with Crippen LogP contribution >= 0.6 is 11.3 Å². The van der Waals surface area contributed by atoms with Gasteiger partial charge < -0.3 is 21.3 Å². The molecule has 6 nitrogen and oxygen atoms in total. The van der Waals surface area contributed by atoms with Crippen molar-refractivity contribution in [2.45, 2.75) is 12.8 Å². The Morgan fingerprint density at radius 3 is 2.89 bits per heavy atom. The fourth-order valence-corrected chi connectivity index (χ4v) is 5.65. The molecule has 1 atom stereocenters. The van der Waals surface area contributed by atoms with E-state index >= 15 is 0 Å². The minimum absolute atomic E-state index is 0.0723. The first kappa shape index (κ1) is 24.0. The molecule has 1 aliphatic heterocycles. The van der Waals surface area contributed by atoms with Crippen molar-refractivity contribution in [2.24, 2.45) is 10.9 Å². The van der Waals surface area contributed by atoms with Gasteiger partial charge in [-0.15, -0.1) is 11.3 Å². The molecule has 1 unspecified atom stereocenters. The molecule has 1 aliphatic carbocycles. The van der Waals surface area contributed by atoms with Crippen LogP contribution < -0.4 is 16.4 Å². The number of carbonyl (C=O) groups excluding carboxylic acids is 1. The quantitative estimate of drug-likeness (QED) is 0.309. The molecule has 0 bridgehead atoms. The molecule has 1 fully saturated rings. The first-order chi connectivity index (χ1) is 17.6. The van der Waals surface area contributed by atoms with Crippen LogP contribution in [0.5, 0.6) is 0 Å². The number of aliphatic imine (C=N–C) groups is 1. The Balaban J connectivity index is 1.25. The van der Waals surface area contributed by atoms with Gasteiger partial charge in [-0.25, -0.2) is 4.99 Å². The van der Waals surface area contributed by atoms with Crippen molar-refractivity contribution >= 4 is 44.9 Å². The average Bonchev–Trinajstić information content (AvgIpc) is 3.34. The first-order valence-corrected chi connectivity index (χ1v) is 13.1. The normalized spacial score (nSPS) is 17.7. The van der Waals surface area contributed by atoms with Crippen LogP contribution in [-0.4, -0.2) is 43.2 Å². The fourth-order valence-electron chi connectivity index (χ4n) is 4.60. The Morgan fingerprint density at radius 2 is 2.08 bits per heavy atom. The second kappa shape index (κ2) is 10.9. The molecule has 1 amide bonds. The number of nitrogens with zero attached hydrogens (tertiary/aromatic N) is 2. The van der Waals surface area contributed by atoms with Gasteiger partial charge in [0.05, 0.1) is 4.88 Å². The van der Waals surface area contributed by atoms with Crippen molar-refractivity contribution in [2.75, 3.05) is 37.2 Å². The number of piperazine rings is 1. The van der Waals surface area contributed by atoms with Crippen molar-refractivity contribution < 1.29 is 4.79 Å². The maximum atomic E-state index is 12.9. The Labute approximate surface area is 215 Å². The summed E-state index contributed by atoms with van der Waals surface area (Å²) in [5, 5.41) is 7.45. The first-order valence-electron chi connectivity index (χ1n) is 12.3. The Bertz CT molecular complexity index is 1360. The number of rotatable bonds is 7. The summed E-state index contributed by atoms with van der Waals surface area (Å²) in [6.07, 6.45) is 12.5. The minimum Gasteiger partial charge on any atom is -0.398 e. The molecule has 2 heterocycles. The predicted octanol–water partition coefficient (Wildman–Crippen LogP) is 5.21. The zero-order chi connectivity index (χ0) is 24.9. The van der Waals surface area contributed by atoms with E-state index in [9.17, 15) is 4.79 Å². The van der Waals surface area contributed by atoms with Crippen LogP contribution in [0.2, 0.25) is 0 Å². The van der Waals surface area contributed by atoms with Gasteiger partial charge in [0.15, 0.2) is 0 Å². The number of hydrogen-bond donors (Lipinski definition) is 3. The molecule has 0 spiro atoms. The Hall–Kier alpha value is -3.68. The second-order valence-electron chi connectivity index (χ2n) is 9.18. The zero-order valence-corrected chi connectivity index (χ0v) is 21.1. The minimum atomic E-state index is 0.0723. The highest BCUT2D eigenvalue weighted by Gasteiger charge is 2.20. The SMILES string of the molecule is C=C(/N=C\c1ccc2sc(C(=O)N3CCNCC3)cc2c1N)Nc1cccc(CC2C=CC=CC2)c1. The lowest BCUT2D eigenvalue weighted by Gasteiger charge is -2.26. The van der Waals surface area contributed by atoms with Crippen molar-refractivity contribution in [1.29, 1.82) is 0 Å². The topological polar surface area (TPSA) is 82.8 Å². The maximum Gasteiger partial charge on any atom is 0.264 e. The van der Waals surface area contributed by atoms with E-state index in [0.29, 0.717) is 17.4 Å². The van der Waals surface area contributed by atoms with E-state index in [1.165, 1.54) is 16.9 Å². The van der Waals surface area contributed by atoms with Crippen molar-refractivity contribution in [3.63, 3.8) is 0 Å². The predicted molar refractivity (Wildman–Crippen MR) is 152 cm³/mol. The van der Waals surface area contributed by atoms with Crippen LogP contribution in [0.1, 0.15) is 27.2 Å². The van der Waals surface area contributed by atoms with Crippen molar-refractivity contribution in [1.82, 2.24) is 10.2 Å². The Morgan fingerprint density at radius 1 is 1.22 bits per heavy atom. The van der Waals surface area contributed by atoms with E-state index in [4.69, 9.17) is 5.73 Å². The second-order valence-corrected chi connectivity index (χ2v) is 10.3.